The number of hydrogen-bond acceptors (Lipinski definition) is 3. The van der Waals surface area contributed by atoms with Crippen molar-refractivity contribution in [3.05, 3.63) is 84.6 Å². The van der Waals surface area contributed by atoms with Gasteiger partial charge in [-0.3, -0.25) is 4.90 Å². The molecule has 0 aliphatic heterocycles. The highest BCUT2D eigenvalue weighted by Gasteiger charge is 2.05. The summed E-state index contributed by atoms with van der Waals surface area (Å²) in [5.41, 5.74) is 13.0. The fraction of sp³-hybridized carbons (Fsp3) is 0.222. The molecule has 112 valence electrons. The zero-order chi connectivity index (χ0) is 15.3. The largest absolute Gasteiger partial charge is 0.405 e. The summed E-state index contributed by atoms with van der Waals surface area (Å²) in [5.74, 6) is 0. The Labute approximate surface area is 127 Å². The second kappa shape index (κ2) is 10.7. The van der Waals surface area contributed by atoms with Crippen molar-refractivity contribution in [3.63, 3.8) is 0 Å². The Hall–Kier alpha value is -2.10. The summed E-state index contributed by atoms with van der Waals surface area (Å²) >= 11 is 0. The van der Waals surface area contributed by atoms with Gasteiger partial charge in [0.1, 0.15) is 0 Å². The molecule has 0 aliphatic carbocycles. The van der Waals surface area contributed by atoms with Crippen LogP contribution in [-0.4, -0.2) is 18.0 Å². The van der Waals surface area contributed by atoms with E-state index in [1.165, 1.54) is 17.3 Å². The first-order valence-corrected chi connectivity index (χ1v) is 7.13. The lowest BCUT2D eigenvalue weighted by Gasteiger charge is -2.21. The van der Waals surface area contributed by atoms with Crippen LogP contribution in [0.25, 0.3) is 0 Å². The van der Waals surface area contributed by atoms with Crippen molar-refractivity contribution in [2.45, 2.75) is 13.1 Å². The first-order chi connectivity index (χ1) is 10.3. The van der Waals surface area contributed by atoms with Crippen LogP contribution in [0.2, 0.25) is 0 Å². The molecule has 3 heteroatoms. The quantitative estimate of drug-likeness (QED) is 0.857. The van der Waals surface area contributed by atoms with Crippen molar-refractivity contribution in [3.8, 4) is 0 Å². The van der Waals surface area contributed by atoms with E-state index in [9.17, 15) is 0 Å². The summed E-state index contributed by atoms with van der Waals surface area (Å²) in [5, 5.41) is 0. The summed E-state index contributed by atoms with van der Waals surface area (Å²) in [6.07, 6.45) is 1.25. The van der Waals surface area contributed by atoms with E-state index in [2.05, 4.69) is 65.7 Å². The molecule has 21 heavy (non-hydrogen) atoms. The Balaban J connectivity index is 0.000000677. The first kappa shape index (κ1) is 17.0. The lowest BCUT2D eigenvalue weighted by atomic mass is 10.1. The van der Waals surface area contributed by atoms with Gasteiger partial charge < -0.3 is 11.5 Å². The van der Waals surface area contributed by atoms with Crippen LogP contribution >= 0.6 is 0 Å². The van der Waals surface area contributed by atoms with E-state index in [1.54, 1.807) is 0 Å². The van der Waals surface area contributed by atoms with Crippen molar-refractivity contribution >= 4 is 0 Å². The molecule has 0 amide bonds. The van der Waals surface area contributed by atoms with Gasteiger partial charge in [0.15, 0.2) is 0 Å². The Morgan fingerprint density at radius 2 is 1.24 bits per heavy atom. The van der Waals surface area contributed by atoms with Gasteiger partial charge >= 0.3 is 0 Å². The Kier molecular flexibility index (Phi) is 8.61. The van der Waals surface area contributed by atoms with E-state index in [4.69, 9.17) is 5.73 Å². The third-order valence-electron chi connectivity index (χ3n) is 2.94. The molecule has 0 aromatic heterocycles. The highest BCUT2D eigenvalue weighted by molar-refractivity contribution is 5.17. The van der Waals surface area contributed by atoms with Gasteiger partial charge in [0.25, 0.3) is 0 Å². The number of hydrogen-bond donors (Lipinski definition) is 2. The van der Waals surface area contributed by atoms with Crippen LogP contribution in [-0.2, 0) is 13.1 Å². The second-order valence-corrected chi connectivity index (χ2v) is 4.71. The Bertz CT molecular complexity index is 441. The Morgan fingerprint density at radius 3 is 1.57 bits per heavy atom. The topological polar surface area (TPSA) is 55.3 Å². The van der Waals surface area contributed by atoms with Gasteiger partial charge in [-0.05, 0) is 17.3 Å². The van der Waals surface area contributed by atoms with Crippen molar-refractivity contribution in [1.82, 2.24) is 4.90 Å². The van der Waals surface area contributed by atoms with E-state index < -0.39 is 0 Å². The van der Waals surface area contributed by atoms with Crippen LogP contribution in [0.1, 0.15) is 11.1 Å². The molecular formula is C18H25N3. The van der Waals surface area contributed by atoms with Crippen LogP contribution in [0.4, 0.5) is 0 Å². The second-order valence-electron chi connectivity index (χ2n) is 4.71. The molecule has 0 spiro atoms. The fourth-order valence-electron chi connectivity index (χ4n) is 2.08. The number of nitrogens with zero attached hydrogens (tertiary/aromatic N) is 1. The molecule has 2 rings (SSSR count). The van der Waals surface area contributed by atoms with Gasteiger partial charge in [0.2, 0.25) is 0 Å². The van der Waals surface area contributed by atoms with Gasteiger partial charge in [-0.15, -0.1) is 0 Å². The molecule has 0 saturated heterocycles. The minimum Gasteiger partial charge on any atom is -0.405 e. The van der Waals surface area contributed by atoms with Crippen LogP contribution in [0.15, 0.2) is 73.4 Å². The third kappa shape index (κ3) is 7.30. The standard InChI is InChI=1S/C16H20N2.C2H5N/c17-11-12-18(13-15-7-3-1-4-8-15)14-16-9-5-2-6-10-16;1-2-3/h1-10H,11-14,17H2;2H,1,3H2. The summed E-state index contributed by atoms with van der Waals surface area (Å²) < 4.78 is 0. The maximum Gasteiger partial charge on any atom is 0.0237 e. The zero-order valence-electron chi connectivity index (χ0n) is 12.5. The minimum absolute atomic E-state index is 0.694. The summed E-state index contributed by atoms with van der Waals surface area (Å²) in [6, 6.07) is 21.1. The molecule has 2 aromatic carbocycles. The summed E-state index contributed by atoms with van der Waals surface area (Å²) in [6.45, 7) is 6.66. The summed E-state index contributed by atoms with van der Waals surface area (Å²) in [4.78, 5) is 2.38. The van der Waals surface area contributed by atoms with Gasteiger partial charge in [0.05, 0.1) is 0 Å². The fourth-order valence-corrected chi connectivity index (χ4v) is 2.08. The lowest BCUT2D eigenvalue weighted by Crippen LogP contribution is -2.28. The first-order valence-electron chi connectivity index (χ1n) is 7.13. The molecule has 0 heterocycles. The molecule has 3 nitrogen and oxygen atoms in total. The highest BCUT2D eigenvalue weighted by atomic mass is 15.1. The van der Waals surface area contributed by atoms with E-state index in [0.29, 0.717) is 6.54 Å². The number of nitrogens with two attached hydrogens (primary N) is 2. The molecule has 0 fully saturated rings. The van der Waals surface area contributed by atoms with Crippen molar-refractivity contribution in [2.75, 3.05) is 13.1 Å². The molecule has 0 aliphatic rings. The molecule has 0 bridgehead atoms. The smallest absolute Gasteiger partial charge is 0.0237 e. The SMILES string of the molecule is C=CN.NCCN(Cc1ccccc1)Cc1ccccc1. The van der Waals surface area contributed by atoms with E-state index in [-0.39, 0.29) is 0 Å². The predicted molar refractivity (Wildman–Crippen MR) is 90.4 cm³/mol. The van der Waals surface area contributed by atoms with Gasteiger partial charge in [0, 0.05) is 26.2 Å². The van der Waals surface area contributed by atoms with Gasteiger partial charge in [-0.25, -0.2) is 0 Å². The maximum absolute atomic E-state index is 5.70. The van der Waals surface area contributed by atoms with E-state index in [0.717, 1.165) is 19.6 Å². The molecular weight excluding hydrogens is 258 g/mol. The van der Waals surface area contributed by atoms with Crippen LogP contribution in [0, 0.1) is 0 Å². The van der Waals surface area contributed by atoms with Crippen molar-refractivity contribution in [1.29, 1.82) is 0 Å². The molecule has 4 N–H and O–H groups in total. The normalized spacial score (nSPS) is 9.81. The lowest BCUT2D eigenvalue weighted by molar-refractivity contribution is 0.264. The molecule has 0 unspecified atom stereocenters. The van der Waals surface area contributed by atoms with Gasteiger partial charge in [-0.1, -0.05) is 67.2 Å². The van der Waals surface area contributed by atoms with Crippen molar-refractivity contribution in [2.24, 2.45) is 11.5 Å². The van der Waals surface area contributed by atoms with E-state index >= 15 is 0 Å². The number of rotatable bonds is 6. The van der Waals surface area contributed by atoms with E-state index in [1.807, 2.05) is 12.1 Å². The average molecular weight is 283 g/mol. The molecule has 0 atom stereocenters. The molecule has 0 radical (unpaired) electrons. The zero-order valence-corrected chi connectivity index (χ0v) is 12.5. The maximum atomic E-state index is 5.70. The number of benzene rings is 2. The third-order valence-corrected chi connectivity index (χ3v) is 2.94. The molecule has 0 saturated carbocycles. The molecule has 2 aromatic rings. The predicted octanol–water partition coefficient (Wildman–Crippen LogP) is 2.74. The Morgan fingerprint density at radius 1 is 0.857 bits per heavy atom. The average Bonchev–Trinajstić information content (AvgIpc) is 2.50. The van der Waals surface area contributed by atoms with Crippen LogP contribution in [0.5, 0.6) is 0 Å². The van der Waals surface area contributed by atoms with Gasteiger partial charge in [-0.2, -0.15) is 0 Å². The van der Waals surface area contributed by atoms with Crippen molar-refractivity contribution < 1.29 is 0 Å². The van der Waals surface area contributed by atoms with Crippen LogP contribution in [0.3, 0.4) is 0 Å². The minimum atomic E-state index is 0.694. The monoisotopic (exact) mass is 283 g/mol. The highest BCUT2D eigenvalue weighted by Crippen LogP contribution is 2.09. The van der Waals surface area contributed by atoms with Crippen LogP contribution < -0.4 is 11.5 Å². The summed E-state index contributed by atoms with van der Waals surface area (Å²) in [7, 11) is 0.